The molecule has 0 N–H and O–H groups in total. The van der Waals surface area contributed by atoms with E-state index in [2.05, 4.69) is 91.9 Å². The number of fused-ring (bicyclic) bond motifs is 6. The average Bonchev–Trinajstić information content (AvgIpc) is 3.12. The Labute approximate surface area is 162 Å². The fourth-order valence-corrected chi connectivity index (χ4v) is 4.46. The Morgan fingerprint density at radius 1 is 0.571 bits per heavy atom. The van der Waals surface area contributed by atoms with Crippen LogP contribution in [0.25, 0.3) is 54.6 Å². The lowest BCUT2D eigenvalue weighted by Crippen LogP contribution is -1.84. The molecular weight excluding hydrogens is 340 g/mol. The molecule has 0 bridgehead atoms. The van der Waals surface area contributed by atoms with Crippen LogP contribution in [0.4, 0.5) is 0 Å². The predicted molar refractivity (Wildman–Crippen MR) is 119 cm³/mol. The van der Waals surface area contributed by atoms with E-state index in [1.54, 1.807) is 0 Å². The highest BCUT2D eigenvalue weighted by molar-refractivity contribution is 6.15. The number of benzene rings is 5. The third kappa shape index (κ3) is 2.13. The Balaban J connectivity index is 1.73. The zero-order valence-electron chi connectivity index (χ0n) is 15.6. The van der Waals surface area contributed by atoms with Gasteiger partial charge in [-0.1, -0.05) is 66.7 Å². The quantitative estimate of drug-likeness (QED) is 0.273. The first-order chi connectivity index (χ1) is 13.8. The fraction of sp³-hybridized carbons (Fsp3) is 0.0370. The van der Waals surface area contributed by atoms with Crippen molar-refractivity contribution in [2.24, 2.45) is 0 Å². The van der Waals surface area contributed by atoms with E-state index in [4.69, 9.17) is 4.42 Å². The topological polar surface area (TPSA) is 13.1 Å². The lowest BCUT2D eigenvalue weighted by molar-refractivity contribution is 0.669. The molecule has 0 aliphatic rings. The Kier molecular flexibility index (Phi) is 3.15. The van der Waals surface area contributed by atoms with Gasteiger partial charge in [0, 0.05) is 10.8 Å². The van der Waals surface area contributed by atoms with E-state index < -0.39 is 0 Å². The van der Waals surface area contributed by atoms with Crippen molar-refractivity contribution < 1.29 is 4.42 Å². The first-order valence-electron chi connectivity index (χ1n) is 9.62. The standard InChI is InChI=1S/C27H18O/c1-17-7-6-12-26-27(17)24-16-19(13-14-25(24)28-26)23-15-18-8-2-3-9-20(18)21-10-4-5-11-22(21)23/h2-16H,1H3. The zero-order chi connectivity index (χ0) is 18.7. The second kappa shape index (κ2) is 5.71. The van der Waals surface area contributed by atoms with Gasteiger partial charge in [0.25, 0.3) is 0 Å². The number of furan rings is 1. The third-order valence-electron chi connectivity index (χ3n) is 5.78. The maximum absolute atomic E-state index is 6.08. The summed E-state index contributed by atoms with van der Waals surface area (Å²) in [5.41, 5.74) is 5.63. The summed E-state index contributed by atoms with van der Waals surface area (Å²) in [6.07, 6.45) is 0. The minimum atomic E-state index is 0.943. The normalized spacial score (nSPS) is 11.8. The maximum atomic E-state index is 6.08. The summed E-state index contributed by atoms with van der Waals surface area (Å²) in [5, 5.41) is 7.54. The molecule has 0 aliphatic carbocycles. The van der Waals surface area contributed by atoms with Crippen LogP contribution >= 0.6 is 0 Å². The molecule has 6 rings (SSSR count). The van der Waals surface area contributed by atoms with Crippen molar-refractivity contribution in [3.63, 3.8) is 0 Å². The summed E-state index contributed by atoms with van der Waals surface area (Å²) in [4.78, 5) is 0. The zero-order valence-corrected chi connectivity index (χ0v) is 15.6. The second-order valence-corrected chi connectivity index (χ2v) is 7.45. The van der Waals surface area contributed by atoms with Gasteiger partial charge in [-0.15, -0.1) is 0 Å². The van der Waals surface area contributed by atoms with Gasteiger partial charge in [-0.25, -0.2) is 0 Å². The number of hydrogen-bond donors (Lipinski definition) is 0. The second-order valence-electron chi connectivity index (χ2n) is 7.45. The van der Waals surface area contributed by atoms with Crippen molar-refractivity contribution in [3.8, 4) is 11.1 Å². The monoisotopic (exact) mass is 358 g/mol. The summed E-state index contributed by atoms with van der Waals surface area (Å²) in [5.74, 6) is 0. The van der Waals surface area contributed by atoms with Crippen molar-refractivity contribution >= 4 is 43.5 Å². The van der Waals surface area contributed by atoms with E-state index in [1.165, 1.54) is 49.0 Å². The molecule has 0 atom stereocenters. The highest BCUT2D eigenvalue weighted by atomic mass is 16.3. The SMILES string of the molecule is Cc1cccc2oc3ccc(-c4cc5ccccc5c5ccccc45)cc3c12. The number of hydrogen-bond acceptors (Lipinski definition) is 1. The third-order valence-corrected chi connectivity index (χ3v) is 5.78. The van der Waals surface area contributed by atoms with Gasteiger partial charge in [-0.2, -0.15) is 0 Å². The lowest BCUT2D eigenvalue weighted by atomic mass is 9.92. The van der Waals surface area contributed by atoms with Crippen LogP contribution in [0.3, 0.4) is 0 Å². The summed E-state index contributed by atoms with van der Waals surface area (Å²) in [6.45, 7) is 2.15. The van der Waals surface area contributed by atoms with Crippen molar-refractivity contribution in [3.05, 3.63) is 96.6 Å². The Hall–Kier alpha value is -3.58. The van der Waals surface area contributed by atoms with E-state index >= 15 is 0 Å². The molecule has 1 heteroatoms. The Morgan fingerprint density at radius 2 is 1.36 bits per heavy atom. The lowest BCUT2D eigenvalue weighted by Gasteiger charge is -2.11. The molecule has 6 aromatic rings. The minimum absolute atomic E-state index is 0.943. The molecule has 5 aromatic carbocycles. The molecular formula is C27H18O. The number of rotatable bonds is 1. The molecule has 1 heterocycles. The molecule has 0 aliphatic heterocycles. The van der Waals surface area contributed by atoms with Crippen LogP contribution < -0.4 is 0 Å². The smallest absolute Gasteiger partial charge is 0.135 e. The van der Waals surface area contributed by atoms with Crippen molar-refractivity contribution in [2.45, 2.75) is 6.92 Å². The predicted octanol–water partition coefficient (Wildman–Crippen LogP) is 7.87. The molecule has 0 radical (unpaired) electrons. The Morgan fingerprint density at radius 3 is 2.25 bits per heavy atom. The molecule has 0 unspecified atom stereocenters. The van der Waals surface area contributed by atoms with Gasteiger partial charge in [0.15, 0.2) is 0 Å². The van der Waals surface area contributed by atoms with Crippen LogP contribution in [0.2, 0.25) is 0 Å². The van der Waals surface area contributed by atoms with Crippen molar-refractivity contribution in [2.75, 3.05) is 0 Å². The van der Waals surface area contributed by atoms with Crippen LogP contribution in [0.15, 0.2) is 95.4 Å². The first-order valence-corrected chi connectivity index (χ1v) is 9.62. The van der Waals surface area contributed by atoms with E-state index in [9.17, 15) is 0 Å². The summed E-state index contributed by atoms with van der Waals surface area (Å²) in [7, 11) is 0. The van der Waals surface area contributed by atoms with E-state index in [0.717, 1.165) is 11.2 Å². The molecule has 0 saturated carbocycles. The van der Waals surface area contributed by atoms with Crippen LogP contribution in [0, 0.1) is 6.92 Å². The van der Waals surface area contributed by atoms with Gasteiger partial charge in [0.1, 0.15) is 11.2 Å². The molecule has 28 heavy (non-hydrogen) atoms. The van der Waals surface area contributed by atoms with Crippen LogP contribution in [-0.2, 0) is 0 Å². The fourth-order valence-electron chi connectivity index (χ4n) is 4.46. The van der Waals surface area contributed by atoms with Gasteiger partial charge in [-0.05, 0) is 69.4 Å². The van der Waals surface area contributed by atoms with Crippen LogP contribution in [-0.4, -0.2) is 0 Å². The first kappa shape index (κ1) is 15.5. The summed E-state index contributed by atoms with van der Waals surface area (Å²) < 4.78 is 6.08. The minimum Gasteiger partial charge on any atom is -0.456 e. The molecule has 0 amide bonds. The molecule has 0 saturated heterocycles. The van der Waals surface area contributed by atoms with Crippen LogP contribution in [0.1, 0.15) is 5.56 Å². The highest BCUT2D eigenvalue weighted by Gasteiger charge is 2.13. The number of aryl methyl sites for hydroxylation is 1. The summed E-state index contributed by atoms with van der Waals surface area (Å²) >= 11 is 0. The van der Waals surface area contributed by atoms with Gasteiger partial charge >= 0.3 is 0 Å². The van der Waals surface area contributed by atoms with Gasteiger partial charge in [-0.3, -0.25) is 0 Å². The largest absolute Gasteiger partial charge is 0.456 e. The van der Waals surface area contributed by atoms with Crippen LogP contribution in [0.5, 0.6) is 0 Å². The van der Waals surface area contributed by atoms with E-state index in [-0.39, 0.29) is 0 Å². The van der Waals surface area contributed by atoms with Gasteiger partial charge < -0.3 is 4.42 Å². The van der Waals surface area contributed by atoms with Gasteiger partial charge in [0.05, 0.1) is 0 Å². The average molecular weight is 358 g/mol. The maximum Gasteiger partial charge on any atom is 0.135 e. The molecule has 1 aromatic heterocycles. The van der Waals surface area contributed by atoms with E-state index in [0.29, 0.717) is 0 Å². The Bertz CT molecular complexity index is 1520. The molecule has 0 spiro atoms. The summed E-state index contributed by atoms with van der Waals surface area (Å²) in [6, 6.07) is 32.4. The van der Waals surface area contributed by atoms with Crippen molar-refractivity contribution in [1.29, 1.82) is 0 Å². The molecule has 1 nitrogen and oxygen atoms in total. The van der Waals surface area contributed by atoms with Crippen molar-refractivity contribution in [1.82, 2.24) is 0 Å². The van der Waals surface area contributed by atoms with Gasteiger partial charge in [0.2, 0.25) is 0 Å². The van der Waals surface area contributed by atoms with E-state index in [1.807, 2.05) is 6.07 Å². The highest BCUT2D eigenvalue weighted by Crippen LogP contribution is 2.38. The molecule has 132 valence electrons. The molecule has 0 fully saturated rings.